The molecule has 1 amide bonds. The molecule has 0 bridgehead atoms. The van der Waals surface area contributed by atoms with Crippen LogP contribution in [0.15, 0.2) is 66.7 Å². The monoisotopic (exact) mass is 433 g/mol. The predicted molar refractivity (Wildman–Crippen MR) is 124 cm³/mol. The number of rotatable bonds is 7. The van der Waals surface area contributed by atoms with Crippen LogP contribution in [0.1, 0.15) is 27.3 Å². The van der Waals surface area contributed by atoms with Crippen LogP contribution in [-0.4, -0.2) is 22.1 Å². The number of nitrogens with zero attached hydrogens (tertiary/aromatic N) is 2. The van der Waals surface area contributed by atoms with Crippen LogP contribution < -0.4 is 10.1 Å². The van der Waals surface area contributed by atoms with Gasteiger partial charge in [0.1, 0.15) is 18.2 Å². The highest BCUT2D eigenvalue weighted by Crippen LogP contribution is 2.20. The van der Waals surface area contributed by atoms with Crippen LogP contribution in [0.5, 0.6) is 5.75 Å². The number of carbonyl (C=O) groups is 1. The number of carbonyl (C=O) groups excluding carboxylic acids is 1. The van der Waals surface area contributed by atoms with Gasteiger partial charge in [0.2, 0.25) is 0 Å². The van der Waals surface area contributed by atoms with Crippen molar-refractivity contribution < 1.29 is 9.53 Å². The number of aromatic nitrogens is 2. The molecule has 4 aromatic rings. The van der Waals surface area contributed by atoms with Crippen molar-refractivity contribution in [1.82, 2.24) is 14.9 Å². The summed E-state index contributed by atoms with van der Waals surface area (Å²) in [7, 11) is 0. The molecule has 3 aromatic carbocycles. The van der Waals surface area contributed by atoms with Gasteiger partial charge in [-0.15, -0.1) is 0 Å². The second-order valence-electron chi connectivity index (χ2n) is 7.45. The molecular weight excluding hydrogens is 410 g/mol. The number of fused-ring (bicyclic) bond motifs is 1. The first kappa shape index (κ1) is 20.9. The highest BCUT2D eigenvalue weighted by Gasteiger charge is 2.14. The zero-order chi connectivity index (χ0) is 21.8. The summed E-state index contributed by atoms with van der Waals surface area (Å²) < 4.78 is 8.12. The Morgan fingerprint density at radius 2 is 1.84 bits per heavy atom. The molecular formula is C25H24ClN3O2. The average Bonchev–Trinajstić information content (AvgIpc) is 3.11. The lowest BCUT2D eigenvalue weighted by Gasteiger charge is -2.13. The molecule has 0 fully saturated rings. The number of amides is 1. The van der Waals surface area contributed by atoms with Gasteiger partial charge in [0, 0.05) is 0 Å². The van der Waals surface area contributed by atoms with E-state index >= 15 is 0 Å². The highest BCUT2D eigenvalue weighted by atomic mass is 35.5. The number of hydrogen-bond donors (Lipinski definition) is 1. The molecule has 158 valence electrons. The van der Waals surface area contributed by atoms with E-state index in [2.05, 4.69) is 22.9 Å². The van der Waals surface area contributed by atoms with E-state index in [4.69, 9.17) is 21.3 Å². The summed E-state index contributed by atoms with van der Waals surface area (Å²) in [4.78, 5) is 17.3. The maximum atomic E-state index is 12.6. The lowest BCUT2D eigenvalue weighted by Crippen LogP contribution is -2.25. The summed E-state index contributed by atoms with van der Waals surface area (Å²) in [6.45, 7) is 5.52. The Hall–Kier alpha value is -3.31. The molecule has 4 rings (SSSR count). The Kier molecular flexibility index (Phi) is 6.23. The van der Waals surface area contributed by atoms with Gasteiger partial charge in [-0.05, 0) is 49.7 Å². The first-order valence-corrected chi connectivity index (χ1v) is 10.6. The van der Waals surface area contributed by atoms with Gasteiger partial charge in [-0.3, -0.25) is 4.79 Å². The molecule has 6 heteroatoms. The highest BCUT2D eigenvalue weighted by molar-refractivity contribution is 6.33. The van der Waals surface area contributed by atoms with Crippen molar-refractivity contribution in [3.8, 4) is 5.75 Å². The van der Waals surface area contributed by atoms with E-state index in [-0.39, 0.29) is 5.91 Å². The minimum Gasteiger partial charge on any atom is -0.491 e. The minimum atomic E-state index is -0.226. The fourth-order valence-corrected chi connectivity index (χ4v) is 3.84. The van der Waals surface area contributed by atoms with Gasteiger partial charge < -0.3 is 14.6 Å². The van der Waals surface area contributed by atoms with Gasteiger partial charge in [0.05, 0.1) is 34.7 Å². The summed E-state index contributed by atoms with van der Waals surface area (Å²) in [5, 5.41) is 3.36. The molecule has 0 aliphatic rings. The zero-order valence-electron chi connectivity index (χ0n) is 17.6. The van der Waals surface area contributed by atoms with E-state index in [1.807, 2.05) is 43.3 Å². The molecule has 0 saturated carbocycles. The standard InChI is InChI=1S/C25H24ClN3O2/c1-17-11-12-23(18(2)15-17)31-14-13-29-22-10-6-5-9-21(22)28-24(29)16-27-25(30)19-7-3-4-8-20(19)26/h3-12,15H,13-14,16H2,1-2H3,(H,27,30). The molecule has 0 spiro atoms. The van der Waals surface area contributed by atoms with Crippen molar-refractivity contribution in [1.29, 1.82) is 0 Å². The maximum absolute atomic E-state index is 12.6. The van der Waals surface area contributed by atoms with Gasteiger partial charge in [0.15, 0.2) is 0 Å². The number of ether oxygens (including phenoxy) is 1. The number of benzene rings is 3. The first-order valence-electron chi connectivity index (χ1n) is 10.2. The molecule has 0 unspecified atom stereocenters. The van der Waals surface area contributed by atoms with Crippen LogP contribution in [-0.2, 0) is 13.1 Å². The van der Waals surface area contributed by atoms with E-state index in [1.165, 1.54) is 5.56 Å². The summed E-state index contributed by atoms with van der Waals surface area (Å²) in [6, 6.07) is 21.1. The topological polar surface area (TPSA) is 56.1 Å². The van der Waals surface area contributed by atoms with Gasteiger partial charge in [-0.1, -0.05) is 53.6 Å². The largest absolute Gasteiger partial charge is 0.491 e. The number of imidazole rings is 1. The normalized spacial score (nSPS) is 10.9. The Morgan fingerprint density at radius 1 is 1.06 bits per heavy atom. The summed E-state index contributed by atoms with van der Waals surface area (Å²) in [6.07, 6.45) is 0. The van der Waals surface area contributed by atoms with Crippen LogP contribution >= 0.6 is 11.6 Å². The quantitative estimate of drug-likeness (QED) is 0.429. The molecule has 1 heterocycles. The van der Waals surface area contributed by atoms with E-state index < -0.39 is 0 Å². The Balaban J connectivity index is 1.50. The van der Waals surface area contributed by atoms with Crippen LogP contribution in [0.3, 0.4) is 0 Å². The van der Waals surface area contributed by atoms with Crippen molar-refractivity contribution in [2.75, 3.05) is 6.61 Å². The molecule has 31 heavy (non-hydrogen) atoms. The van der Waals surface area contributed by atoms with Crippen molar-refractivity contribution in [3.63, 3.8) is 0 Å². The maximum Gasteiger partial charge on any atom is 0.253 e. The fraction of sp³-hybridized carbons (Fsp3) is 0.200. The zero-order valence-corrected chi connectivity index (χ0v) is 18.3. The average molecular weight is 434 g/mol. The molecule has 0 radical (unpaired) electrons. The smallest absolute Gasteiger partial charge is 0.253 e. The molecule has 1 aromatic heterocycles. The first-order chi connectivity index (χ1) is 15.0. The SMILES string of the molecule is Cc1ccc(OCCn2c(CNC(=O)c3ccccc3Cl)nc3ccccc32)c(C)c1. The second kappa shape index (κ2) is 9.23. The van der Waals surface area contributed by atoms with E-state index in [0.717, 1.165) is 28.2 Å². The van der Waals surface area contributed by atoms with Gasteiger partial charge in [-0.2, -0.15) is 0 Å². The molecule has 0 saturated heterocycles. The molecule has 1 N–H and O–H groups in total. The number of hydrogen-bond acceptors (Lipinski definition) is 3. The van der Waals surface area contributed by atoms with Crippen LogP contribution in [0, 0.1) is 13.8 Å². The summed E-state index contributed by atoms with van der Waals surface area (Å²) in [5.41, 5.74) is 4.67. The van der Waals surface area contributed by atoms with Crippen LogP contribution in [0.2, 0.25) is 5.02 Å². The fourth-order valence-electron chi connectivity index (χ4n) is 3.62. The third kappa shape index (κ3) is 4.72. The Labute approximate surface area is 186 Å². The van der Waals surface area contributed by atoms with E-state index in [0.29, 0.717) is 30.3 Å². The molecule has 0 atom stereocenters. The second-order valence-corrected chi connectivity index (χ2v) is 7.86. The molecule has 5 nitrogen and oxygen atoms in total. The van der Waals surface area contributed by atoms with Crippen molar-refractivity contribution in [2.45, 2.75) is 26.9 Å². The van der Waals surface area contributed by atoms with Gasteiger partial charge in [0.25, 0.3) is 5.91 Å². The van der Waals surface area contributed by atoms with Crippen LogP contribution in [0.25, 0.3) is 11.0 Å². The molecule has 0 aliphatic carbocycles. The minimum absolute atomic E-state index is 0.226. The molecule has 0 aliphatic heterocycles. The lowest BCUT2D eigenvalue weighted by molar-refractivity contribution is 0.0949. The van der Waals surface area contributed by atoms with Crippen molar-refractivity contribution >= 4 is 28.5 Å². The lowest BCUT2D eigenvalue weighted by atomic mass is 10.1. The third-order valence-electron chi connectivity index (χ3n) is 5.16. The van der Waals surface area contributed by atoms with Crippen molar-refractivity contribution in [3.05, 3.63) is 94.3 Å². The van der Waals surface area contributed by atoms with E-state index in [9.17, 15) is 4.79 Å². The third-order valence-corrected chi connectivity index (χ3v) is 5.49. The number of halogens is 1. The van der Waals surface area contributed by atoms with Gasteiger partial charge in [-0.25, -0.2) is 4.98 Å². The van der Waals surface area contributed by atoms with E-state index in [1.54, 1.807) is 24.3 Å². The van der Waals surface area contributed by atoms with Crippen molar-refractivity contribution in [2.24, 2.45) is 0 Å². The Bertz CT molecular complexity index is 1230. The number of nitrogens with one attached hydrogen (secondary N) is 1. The van der Waals surface area contributed by atoms with Gasteiger partial charge >= 0.3 is 0 Å². The van der Waals surface area contributed by atoms with Crippen LogP contribution in [0.4, 0.5) is 0 Å². The number of aryl methyl sites for hydroxylation is 2. The predicted octanol–water partition coefficient (Wildman–Crippen LogP) is 5.32. The summed E-state index contributed by atoms with van der Waals surface area (Å²) >= 11 is 6.15. The summed E-state index contributed by atoms with van der Waals surface area (Å²) in [5.74, 6) is 1.42. The number of para-hydroxylation sites is 2. The Morgan fingerprint density at radius 3 is 2.65 bits per heavy atom.